The summed E-state index contributed by atoms with van der Waals surface area (Å²) in [6.45, 7) is 0. The van der Waals surface area contributed by atoms with Crippen LogP contribution in [0, 0.1) is 10.1 Å². The lowest BCUT2D eigenvalue weighted by Crippen LogP contribution is -2.52. The zero-order valence-electron chi connectivity index (χ0n) is 17.3. The van der Waals surface area contributed by atoms with Crippen LogP contribution in [0.5, 0.6) is 0 Å². The van der Waals surface area contributed by atoms with E-state index >= 15 is 0 Å². The SMILES string of the molecule is CN1C(=O)C(=Cc2ccc(Sc3nnnn3-c3ccccc3)c([N+](=O)[O-])c2)C(=O)N(C)C1=O. The molecule has 2 aromatic carbocycles. The van der Waals surface area contributed by atoms with Crippen LogP contribution >= 0.6 is 11.8 Å². The third-order valence-corrected chi connectivity index (χ3v) is 5.78. The summed E-state index contributed by atoms with van der Waals surface area (Å²) in [5.74, 6) is -1.57. The van der Waals surface area contributed by atoms with Gasteiger partial charge in [-0.15, -0.1) is 5.10 Å². The molecular formula is C20H15N7O5S. The molecule has 1 aliphatic rings. The lowest BCUT2D eigenvalue weighted by atomic mass is 10.1. The van der Waals surface area contributed by atoms with Gasteiger partial charge in [0, 0.05) is 20.2 Å². The second-order valence-electron chi connectivity index (χ2n) is 6.86. The second-order valence-corrected chi connectivity index (χ2v) is 7.87. The van der Waals surface area contributed by atoms with E-state index in [-0.39, 0.29) is 21.7 Å². The lowest BCUT2D eigenvalue weighted by Gasteiger charge is -2.28. The standard InChI is InChI=1S/C20H15N7O5S/c1-24-17(28)14(18(29)25(2)20(24)30)10-12-8-9-16(15(11-12)27(31)32)33-19-21-22-23-26(19)13-6-4-3-5-7-13/h3-11H,1-2H3. The number of barbiturate groups is 1. The number of nitrogens with zero attached hydrogens (tertiary/aromatic N) is 7. The highest BCUT2D eigenvalue weighted by Crippen LogP contribution is 2.35. The molecule has 3 aromatic rings. The van der Waals surface area contributed by atoms with Crippen molar-refractivity contribution < 1.29 is 19.3 Å². The third-order valence-electron chi connectivity index (χ3n) is 4.78. The Bertz CT molecular complexity index is 1300. The van der Waals surface area contributed by atoms with Crippen molar-refractivity contribution >= 4 is 41.4 Å². The molecule has 12 nitrogen and oxygen atoms in total. The number of carbonyl (C=O) groups is 3. The highest BCUT2D eigenvalue weighted by Gasteiger charge is 2.37. The Kier molecular flexibility index (Phi) is 5.70. The van der Waals surface area contributed by atoms with Gasteiger partial charge in [0.1, 0.15) is 5.57 Å². The topological polar surface area (TPSA) is 144 Å². The molecule has 0 saturated carbocycles. The van der Waals surface area contributed by atoms with Gasteiger partial charge in [-0.3, -0.25) is 29.5 Å². The molecule has 33 heavy (non-hydrogen) atoms. The molecular weight excluding hydrogens is 450 g/mol. The number of nitro benzene ring substituents is 1. The summed E-state index contributed by atoms with van der Waals surface area (Å²) in [5.41, 5.74) is 0.403. The molecule has 0 atom stereocenters. The molecule has 0 aliphatic carbocycles. The minimum atomic E-state index is -0.786. The molecule has 0 unspecified atom stereocenters. The number of hydrogen-bond acceptors (Lipinski definition) is 9. The molecule has 1 aliphatic heterocycles. The van der Waals surface area contributed by atoms with Crippen LogP contribution in [0.15, 0.2) is 64.2 Å². The molecule has 0 N–H and O–H groups in total. The minimum Gasteiger partial charge on any atom is -0.268 e. The Morgan fingerprint density at radius 3 is 2.30 bits per heavy atom. The van der Waals surface area contributed by atoms with Crippen molar-refractivity contribution in [1.82, 2.24) is 30.0 Å². The smallest absolute Gasteiger partial charge is 0.268 e. The number of benzene rings is 2. The fourth-order valence-electron chi connectivity index (χ4n) is 3.07. The summed E-state index contributed by atoms with van der Waals surface area (Å²) in [5, 5.41) is 23.6. The first kappa shape index (κ1) is 21.8. The highest BCUT2D eigenvalue weighted by atomic mass is 32.2. The minimum absolute atomic E-state index is 0.251. The van der Waals surface area contributed by atoms with Gasteiger partial charge in [0.15, 0.2) is 0 Å². The van der Waals surface area contributed by atoms with Gasteiger partial charge < -0.3 is 0 Å². The van der Waals surface area contributed by atoms with Crippen LogP contribution in [0.25, 0.3) is 11.8 Å². The zero-order chi connectivity index (χ0) is 23.7. The van der Waals surface area contributed by atoms with Crippen molar-refractivity contribution in [3.8, 4) is 5.69 Å². The number of carbonyl (C=O) groups excluding carboxylic acids is 3. The van der Waals surface area contributed by atoms with E-state index in [1.165, 1.54) is 43.1 Å². The summed E-state index contributed by atoms with van der Waals surface area (Å²) in [6, 6.07) is 12.5. The van der Waals surface area contributed by atoms with Crippen LogP contribution in [0.3, 0.4) is 0 Å². The van der Waals surface area contributed by atoms with Crippen LogP contribution in [-0.4, -0.2) is 66.9 Å². The average Bonchev–Trinajstić information content (AvgIpc) is 3.28. The summed E-state index contributed by atoms with van der Waals surface area (Å²) >= 11 is 0.997. The molecule has 0 spiro atoms. The van der Waals surface area contributed by atoms with E-state index in [0.717, 1.165) is 21.6 Å². The Balaban J connectivity index is 1.69. The predicted molar refractivity (Wildman–Crippen MR) is 115 cm³/mol. The summed E-state index contributed by atoms with van der Waals surface area (Å²) in [4.78, 5) is 49.7. The van der Waals surface area contributed by atoms with E-state index in [1.54, 1.807) is 12.1 Å². The van der Waals surface area contributed by atoms with Gasteiger partial charge in [-0.05, 0) is 52.0 Å². The summed E-state index contributed by atoms with van der Waals surface area (Å²) < 4.78 is 1.45. The summed E-state index contributed by atoms with van der Waals surface area (Å²) in [7, 11) is 2.50. The highest BCUT2D eigenvalue weighted by molar-refractivity contribution is 7.99. The number of imide groups is 2. The first-order valence-corrected chi connectivity index (χ1v) is 10.2. The maximum absolute atomic E-state index is 12.4. The van der Waals surface area contributed by atoms with E-state index in [2.05, 4.69) is 15.5 Å². The van der Waals surface area contributed by atoms with Crippen LogP contribution in [0.4, 0.5) is 10.5 Å². The van der Waals surface area contributed by atoms with Crippen molar-refractivity contribution in [1.29, 1.82) is 0 Å². The molecule has 13 heteroatoms. The Labute approximate surface area is 190 Å². The van der Waals surface area contributed by atoms with Crippen LogP contribution in [0.2, 0.25) is 0 Å². The summed E-state index contributed by atoms with van der Waals surface area (Å²) in [6.07, 6.45) is 1.22. The zero-order valence-corrected chi connectivity index (χ0v) is 18.1. The third kappa shape index (κ3) is 4.08. The number of rotatable bonds is 5. The van der Waals surface area contributed by atoms with Gasteiger partial charge in [-0.2, -0.15) is 4.68 Å². The fraction of sp³-hybridized carbons (Fsp3) is 0.100. The molecule has 0 bridgehead atoms. The maximum atomic E-state index is 12.4. The van der Waals surface area contributed by atoms with Crippen molar-refractivity contribution in [2.45, 2.75) is 10.1 Å². The molecule has 4 amide bonds. The van der Waals surface area contributed by atoms with Gasteiger partial charge in [-0.1, -0.05) is 24.3 Å². The predicted octanol–water partition coefficient (Wildman–Crippen LogP) is 2.16. The first-order valence-electron chi connectivity index (χ1n) is 9.40. The van der Waals surface area contributed by atoms with E-state index in [4.69, 9.17) is 0 Å². The van der Waals surface area contributed by atoms with Gasteiger partial charge in [-0.25, -0.2) is 4.79 Å². The first-order chi connectivity index (χ1) is 15.8. The Hall–Kier alpha value is -4.39. The largest absolute Gasteiger partial charge is 0.333 e. The van der Waals surface area contributed by atoms with Gasteiger partial charge >= 0.3 is 6.03 Å². The number of para-hydroxylation sites is 1. The quantitative estimate of drug-likeness (QED) is 0.239. The number of urea groups is 1. The number of amides is 4. The van der Waals surface area contributed by atoms with E-state index < -0.39 is 22.8 Å². The van der Waals surface area contributed by atoms with Gasteiger partial charge in [0.2, 0.25) is 5.16 Å². The molecule has 1 saturated heterocycles. The van der Waals surface area contributed by atoms with Crippen LogP contribution < -0.4 is 0 Å². The molecule has 2 heterocycles. The number of tetrazole rings is 1. The molecule has 0 radical (unpaired) electrons. The molecule has 1 fully saturated rings. The van der Waals surface area contributed by atoms with Crippen LogP contribution in [-0.2, 0) is 9.59 Å². The maximum Gasteiger partial charge on any atom is 0.333 e. The molecule has 4 rings (SSSR count). The number of nitro groups is 1. The number of likely N-dealkylation sites (N-methyl/N-ethyl adjacent to an activating group) is 2. The number of aromatic nitrogens is 4. The monoisotopic (exact) mass is 465 g/mol. The van der Waals surface area contributed by atoms with Gasteiger partial charge in [0.25, 0.3) is 17.5 Å². The second kappa shape index (κ2) is 8.63. The van der Waals surface area contributed by atoms with E-state index in [0.29, 0.717) is 10.8 Å². The lowest BCUT2D eigenvalue weighted by molar-refractivity contribution is -0.387. The Morgan fingerprint density at radius 2 is 1.67 bits per heavy atom. The fourth-order valence-corrected chi connectivity index (χ4v) is 3.94. The Morgan fingerprint density at radius 1 is 1.00 bits per heavy atom. The normalized spacial score (nSPS) is 14.1. The van der Waals surface area contributed by atoms with Crippen molar-refractivity contribution in [3.05, 3.63) is 69.8 Å². The van der Waals surface area contributed by atoms with E-state index in [9.17, 15) is 24.5 Å². The molecule has 166 valence electrons. The molecule has 1 aromatic heterocycles. The average molecular weight is 465 g/mol. The van der Waals surface area contributed by atoms with Gasteiger partial charge in [0.05, 0.1) is 15.5 Å². The van der Waals surface area contributed by atoms with Crippen molar-refractivity contribution in [3.63, 3.8) is 0 Å². The number of hydrogen-bond donors (Lipinski definition) is 0. The van der Waals surface area contributed by atoms with Crippen molar-refractivity contribution in [2.24, 2.45) is 0 Å². The van der Waals surface area contributed by atoms with E-state index in [1.807, 2.05) is 18.2 Å². The van der Waals surface area contributed by atoms with Crippen LogP contribution in [0.1, 0.15) is 5.56 Å². The van der Waals surface area contributed by atoms with Crippen molar-refractivity contribution in [2.75, 3.05) is 14.1 Å².